The molecule has 2 aromatic carbocycles. The molecular formula is C24H30N2O2. The van der Waals surface area contributed by atoms with Crippen LogP contribution in [-0.4, -0.2) is 48.7 Å². The maximum Gasteiger partial charge on any atom is 0.155 e. The predicted molar refractivity (Wildman–Crippen MR) is 114 cm³/mol. The second-order valence-electron chi connectivity index (χ2n) is 7.61. The fraction of sp³-hybridized carbons (Fsp3) is 0.417. The van der Waals surface area contributed by atoms with Gasteiger partial charge in [-0.25, -0.2) is 0 Å². The Kier molecular flexibility index (Phi) is 6.99. The lowest BCUT2D eigenvalue weighted by Gasteiger charge is -2.48. The number of nitrogens with zero attached hydrogens (tertiary/aromatic N) is 2. The summed E-state index contributed by atoms with van der Waals surface area (Å²) in [5, 5.41) is 0. The Balaban J connectivity index is 1.71. The number of carbonyl (C=O) groups excluding carboxylic acids is 2. The first kappa shape index (κ1) is 20.3. The average Bonchev–Trinajstić information content (AvgIpc) is 2.74. The van der Waals surface area contributed by atoms with Crippen LogP contribution in [0.3, 0.4) is 0 Å². The van der Waals surface area contributed by atoms with Gasteiger partial charge in [0.2, 0.25) is 0 Å². The average molecular weight is 379 g/mol. The van der Waals surface area contributed by atoms with Gasteiger partial charge in [0.05, 0.1) is 0 Å². The molecule has 0 saturated carbocycles. The summed E-state index contributed by atoms with van der Waals surface area (Å²) < 4.78 is 0. The molecule has 0 aliphatic carbocycles. The molecule has 0 bridgehead atoms. The van der Waals surface area contributed by atoms with Crippen LogP contribution < -0.4 is 4.90 Å². The maximum atomic E-state index is 12.8. The van der Waals surface area contributed by atoms with Crippen LogP contribution in [0.2, 0.25) is 0 Å². The quantitative estimate of drug-likeness (QED) is 0.623. The molecule has 2 aromatic rings. The molecule has 0 unspecified atom stereocenters. The zero-order chi connectivity index (χ0) is 19.8. The molecule has 0 amide bonds. The highest BCUT2D eigenvalue weighted by molar-refractivity contribution is 5.90. The Bertz CT molecular complexity index is 753. The molecule has 0 radical (unpaired) electrons. The zero-order valence-corrected chi connectivity index (χ0v) is 16.7. The number of carbonyl (C=O) groups is 2. The maximum absolute atomic E-state index is 12.8. The van der Waals surface area contributed by atoms with Crippen LogP contribution >= 0.6 is 0 Å². The molecule has 1 saturated heterocycles. The first-order valence-electron chi connectivity index (χ1n) is 10.2. The molecule has 0 atom stereocenters. The van der Waals surface area contributed by atoms with Gasteiger partial charge in [0, 0.05) is 38.3 Å². The number of piperidine rings is 1. The van der Waals surface area contributed by atoms with E-state index in [0.29, 0.717) is 13.0 Å². The van der Waals surface area contributed by atoms with Gasteiger partial charge >= 0.3 is 0 Å². The highest BCUT2D eigenvalue weighted by Gasteiger charge is 2.43. The molecule has 4 heteroatoms. The molecule has 4 nitrogen and oxygen atoms in total. The molecule has 1 aliphatic rings. The third-order valence-corrected chi connectivity index (χ3v) is 5.95. The molecule has 0 N–H and O–H groups in total. The molecule has 0 spiro atoms. The SMILES string of the molecule is CC(=O)C1(N(CCC=O)c2ccccc2)CCN(CCc2ccccc2)CC1. The number of Topliss-reactive ketones (excluding diaryl/α,β-unsaturated/α-hetero) is 1. The van der Waals surface area contributed by atoms with Gasteiger partial charge in [-0.15, -0.1) is 0 Å². The van der Waals surface area contributed by atoms with Crippen LogP contribution in [0.25, 0.3) is 0 Å². The highest BCUT2D eigenvalue weighted by atomic mass is 16.1. The number of ketones is 1. The van der Waals surface area contributed by atoms with E-state index in [-0.39, 0.29) is 5.78 Å². The van der Waals surface area contributed by atoms with Crippen molar-refractivity contribution in [2.75, 3.05) is 31.1 Å². The van der Waals surface area contributed by atoms with Crippen molar-refractivity contribution < 1.29 is 9.59 Å². The van der Waals surface area contributed by atoms with Crippen molar-refractivity contribution in [3.63, 3.8) is 0 Å². The smallest absolute Gasteiger partial charge is 0.155 e. The third-order valence-electron chi connectivity index (χ3n) is 5.95. The van der Waals surface area contributed by atoms with E-state index in [4.69, 9.17) is 0 Å². The van der Waals surface area contributed by atoms with Gasteiger partial charge in [-0.1, -0.05) is 48.5 Å². The first-order chi connectivity index (χ1) is 13.7. The van der Waals surface area contributed by atoms with Crippen molar-refractivity contribution in [2.45, 2.75) is 38.1 Å². The number of anilines is 1. The van der Waals surface area contributed by atoms with Gasteiger partial charge in [0.15, 0.2) is 5.78 Å². The Morgan fingerprint density at radius 1 is 1.04 bits per heavy atom. The van der Waals surface area contributed by atoms with Crippen molar-refractivity contribution in [1.29, 1.82) is 0 Å². The van der Waals surface area contributed by atoms with Gasteiger partial charge in [-0.3, -0.25) is 4.79 Å². The van der Waals surface area contributed by atoms with E-state index in [0.717, 1.165) is 50.9 Å². The number of benzene rings is 2. The summed E-state index contributed by atoms with van der Waals surface area (Å²) in [5.74, 6) is 0.199. The summed E-state index contributed by atoms with van der Waals surface area (Å²) >= 11 is 0. The standard InChI is InChI=1S/C24H30N2O2/c1-21(28)24(26(16-8-20-27)23-11-6-3-7-12-23)14-18-25(19-15-24)17-13-22-9-4-2-5-10-22/h2-7,9-12,20H,8,13-19H2,1H3. The molecule has 3 rings (SSSR count). The van der Waals surface area contributed by atoms with Crippen molar-refractivity contribution in [2.24, 2.45) is 0 Å². The van der Waals surface area contributed by atoms with Gasteiger partial charge in [0.1, 0.15) is 11.8 Å². The Labute approximate surface area is 168 Å². The third kappa shape index (κ3) is 4.68. The highest BCUT2D eigenvalue weighted by Crippen LogP contribution is 2.34. The van der Waals surface area contributed by atoms with Crippen LogP contribution in [0.15, 0.2) is 60.7 Å². The summed E-state index contributed by atoms with van der Waals surface area (Å²) in [7, 11) is 0. The minimum absolute atomic E-state index is 0.199. The van der Waals surface area contributed by atoms with Gasteiger partial charge in [0.25, 0.3) is 0 Å². The topological polar surface area (TPSA) is 40.6 Å². The number of likely N-dealkylation sites (tertiary alicyclic amines) is 1. The van der Waals surface area contributed by atoms with E-state index in [9.17, 15) is 9.59 Å². The van der Waals surface area contributed by atoms with Crippen LogP contribution in [0.1, 0.15) is 31.7 Å². The molecule has 28 heavy (non-hydrogen) atoms. The van der Waals surface area contributed by atoms with E-state index in [1.165, 1.54) is 5.56 Å². The fourth-order valence-corrected chi connectivity index (χ4v) is 4.27. The summed E-state index contributed by atoms with van der Waals surface area (Å²) in [6.45, 7) is 5.10. The Morgan fingerprint density at radius 3 is 2.21 bits per heavy atom. The van der Waals surface area contributed by atoms with Crippen LogP contribution in [0.4, 0.5) is 5.69 Å². The normalized spacial score (nSPS) is 16.5. The van der Waals surface area contributed by atoms with Gasteiger partial charge in [-0.05, 0) is 43.9 Å². The van der Waals surface area contributed by atoms with Gasteiger partial charge in [-0.2, -0.15) is 0 Å². The summed E-state index contributed by atoms with van der Waals surface area (Å²) in [6.07, 6.45) is 4.00. The first-order valence-corrected chi connectivity index (χ1v) is 10.2. The zero-order valence-electron chi connectivity index (χ0n) is 16.7. The van der Waals surface area contributed by atoms with Crippen molar-refractivity contribution >= 4 is 17.8 Å². The van der Waals surface area contributed by atoms with E-state index in [2.05, 4.69) is 34.1 Å². The monoisotopic (exact) mass is 378 g/mol. The molecular weight excluding hydrogens is 348 g/mol. The molecule has 1 aliphatic heterocycles. The molecule has 1 fully saturated rings. The fourth-order valence-electron chi connectivity index (χ4n) is 4.27. The van der Waals surface area contributed by atoms with Crippen molar-refractivity contribution in [3.05, 3.63) is 66.2 Å². The summed E-state index contributed by atoms with van der Waals surface area (Å²) in [4.78, 5) is 28.5. The van der Waals surface area contributed by atoms with Crippen LogP contribution in [-0.2, 0) is 16.0 Å². The number of rotatable bonds is 9. The minimum atomic E-state index is -0.520. The lowest BCUT2D eigenvalue weighted by atomic mass is 9.81. The summed E-state index contributed by atoms with van der Waals surface area (Å²) in [6, 6.07) is 20.6. The Morgan fingerprint density at radius 2 is 1.64 bits per heavy atom. The van der Waals surface area contributed by atoms with E-state index < -0.39 is 5.54 Å². The molecule has 0 aromatic heterocycles. The molecule has 148 valence electrons. The van der Waals surface area contributed by atoms with Crippen LogP contribution in [0.5, 0.6) is 0 Å². The van der Waals surface area contributed by atoms with Gasteiger partial charge < -0.3 is 14.6 Å². The second kappa shape index (κ2) is 9.65. The van der Waals surface area contributed by atoms with Crippen LogP contribution in [0, 0.1) is 0 Å². The van der Waals surface area contributed by atoms with Crippen molar-refractivity contribution in [1.82, 2.24) is 4.90 Å². The van der Waals surface area contributed by atoms with Crippen molar-refractivity contribution in [3.8, 4) is 0 Å². The lowest BCUT2D eigenvalue weighted by Crippen LogP contribution is -2.60. The number of hydrogen-bond donors (Lipinski definition) is 0. The number of hydrogen-bond acceptors (Lipinski definition) is 4. The van der Waals surface area contributed by atoms with E-state index >= 15 is 0 Å². The predicted octanol–water partition coefficient (Wildman–Crippen LogP) is 3.75. The minimum Gasteiger partial charge on any atom is -0.358 e. The van der Waals surface area contributed by atoms with E-state index in [1.807, 2.05) is 36.4 Å². The number of para-hydroxylation sites is 1. The van der Waals surface area contributed by atoms with E-state index in [1.54, 1.807) is 6.92 Å². The Hall–Kier alpha value is -2.46. The largest absolute Gasteiger partial charge is 0.358 e. The summed E-state index contributed by atoms with van der Waals surface area (Å²) in [5.41, 5.74) is 1.85. The number of aldehydes is 1. The lowest BCUT2D eigenvalue weighted by molar-refractivity contribution is -0.124. The molecule has 1 heterocycles. The second-order valence-corrected chi connectivity index (χ2v) is 7.61.